The number of para-hydroxylation sites is 1. The number of morpholine rings is 1. The van der Waals surface area contributed by atoms with Crippen LogP contribution in [0.4, 0.5) is 0 Å². The molecule has 1 aliphatic heterocycles. The maximum absolute atomic E-state index is 12.9. The number of hydrogen-bond donors (Lipinski definition) is 2. The molecule has 3 rings (SSSR count). The van der Waals surface area contributed by atoms with Crippen molar-refractivity contribution in [3.05, 3.63) is 40.4 Å². The molecule has 1 saturated heterocycles. The van der Waals surface area contributed by atoms with Crippen molar-refractivity contribution in [1.29, 1.82) is 0 Å². The van der Waals surface area contributed by atoms with Gasteiger partial charge in [-0.3, -0.25) is 9.59 Å². The number of likely N-dealkylation sites (N-methyl/N-ethyl adjacent to an activating group) is 1. The molecule has 1 unspecified atom stereocenters. The van der Waals surface area contributed by atoms with Gasteiger partial charge in [0.25, 0.3) is 11.5 Å². The quantitative estimate of drug-likeness (QED) is 0.803. The van der Waals surface area contributed by atoms with Crippen LogP contribution in [0.15, 0.2) is 29.1 Å². The topological polar surface area (TPSA) is 79.7 Å². The molecule has 0 radical (unpaired) electrons. The molecule has 2 N–H and O–H groups in total. The Morgan fingerprint density at radius 1 is 1.35 bits per heavy atom. The molecule has 26 heavy (non-hydrogen) atoms. The zero-order chi connectivity index (χ0) is 18.8. The summed E-state index contributed by atoms with van der Waals surface area (Å²) in [5.74, 6) is 0.696. The van der Waals surface area contributed by atoms with Gasteiger partial charge in [-0.15, -0.1) is 0 Å². The van der Waals surface area contributed by atoms with Crippen LogP contribution >= 0.6 is 0 Å². The van der Waals surface area contributed by atoms with Crippen LogP contribution in [0.3, 0.4) is 0 Å². The number of ether oxygens (including phenoxy) is 1. The number of aromatic amines is 1. The second-order valence-electron chi connectivity index (χ2n) is 7.28. The molecule has 1 aromatic carbocycles. The molecular formula is C19H27N4O3+. The molecule has 7 nitrogen and oxygen atoms in total. The van der Waals surface area contributed by atoms with Crippen molar-refractivity contribution in [3.8, 4) is 0 Å². The lowest BCUT2D eigenvalue weighted by Gasteiger charge is -2.37. The van der Waals surface area contributed by atoms with Gasteiger partial charge in [-0.2, -0.15) is 0 Å². The van der Waals surface area contributed by atoms with E-state index in [0.29, 0.717) is 36.4 Å². The standard InChI is InChI=1S/C19H26N4O3/c1-12-9-23(10-13(2)26-12)19(25)14(3)22(4)11-17-20-16-8-6-5-7-15(16)18(24)21-17/h5-8,12-14H,9-11H2,1-4H3,(H,20,21,24)/p+1/t12-,13+,14-/m1/s1. The number of nitrogens with one attached hydrogen (secondary N) is 2. The summed E-state index contributed by atoms with van der Waals surface area (Å²) in [5, 5.41) is 0.578. The molecule has 0 spiro atoms. The van der Waals surface area contributed by atoms with Crippen LogP contribution in [0.1, 0.15) is 26.6 Å². The Hall–Kier alpha value is -2.25. The Labute approximate surface area is 153 Å². The summed E-state index contributed by atoms with van der Waals surface area (Å²) in [4.78, 5) is 35.3. The van der Waals surface area contributed by atoms with Crippen LogP contribution in [0.5, 0.6) is 0 Å². The van der Waals surface area contributed by atoms with E-state index in [2.05, 4.69) is 9.97 Å². The molecule has 140 valence electrons. The number of fused-ring (bicyclic) bond motifs is 1. The number of amides is 1. The Balaban J connectivity index is 1.72. The van der Waals surface area contributed by atoms with Gasteiger partial charge in [0.15, 0.2) is 11.9 Å². The summed E-state index contributed by atoms with van der Waals surface area (Å²) in [6.45, 7) is 7.60. The van der Waals surface area contributed by atoms with E-state index in [1.807, 2.05) is 50.9 Å². The van der Waals surface area contributed by atoms with Crippen molar-refractivity contribution in [3.63, 3.8) is 0 Å². The third-order valence-electron chi connectivity index (χ3n) is 4.95. The average Bonchev–Trinajstić information content (AvgIpc) is 2.59. The molecule has 2 aromatic rings. The van der Waals surface area contributed by atoms with Gasteiger partial charge in [0, 0.05) is 13.1 Å². The summed E-state index contributed by atoms with van der Waals surface area (Å²) in [6.07, 6.45) is 0.0995. The second kappa shape index (κ2) is 7.55. The summed E-state index contributed by atoms with van der Waals surface area (Å²) in [7, 11) is 1.95. The molecule has 0 bridgehead atoms. The van der Waals surface area contributed by atoms with Gasteiger partial charge in [0.05, 0.1) is 30.2 Å². The molecule has 2 heterocycles. The largest absolute Gasteiger partial charge is 0.372 e. The van der Waals surface area contributed by atoms with Crippen LogP contribution in [0.25, 0.3) is 10.9 Å². The zero-order valence-electron chi connectivity index (χ0n) is 15.8. The summed E-state index contributed by atoms with van der Waals surface area (Å²) < 4.78 is 5.71. The molecule has 1 fully saturated rings. The highest BCUT2D eigenvalue weighted by molar-refractivity contribution is 5.80. The highest BCUT2D eigenvalue weighted by Crippen LogP contribution is 2.11. The van der Waals surface area contributed by atoms with Crippen molar-refractivity contribution in [2.24, 2.45) is 0 Å². The number of carbonyl (C=O) groups excluding carboxylic acids is 1. The number of hydrogen-bond acceptors (Lipinski definition) is 4. The van der Waals surface area contributed by atoms with Crippen LogP contribution < -0.4 is 10.5 Å². The fourth-order valence-electron chi connectivity index (χ4n) is 3.48. The first-order valence-electron chi connectivity index (χ1n) is 9.09. The Bertz CT molecular complexity index is 840. The number of benzene rings is 1. The van der Waals surface area contributed by atoms with Crippen molar-refractivity contribution in [2.75, 3.05) is 20.1 Å². The van der Waals surface area contributed by atoms with Crippen LogP contribution in [0, 0.1) is 0 Å². The lowest BCUT2D eigenvalue weighted by molar-refractivity contribution is -0.909. The van der Waals surface area contributed by atoms with Crippen molar-refractivity contribution >= 4 is 16.8 Å². The Morgan fingerprint density at radius 3 is 2.69 bits per heavy atom. The molecule has 1 amide bonds. The van der Waals surface area contributed by atoms with Gasteiger partial charge in [-0.05, 0) is 32.9 Å². The van der Waals surface area contributed by atoms with E-state index in [0.717, 1.165) is 4.90 Å². The van der Waals surface area contributed by atoms with Gasteiger partial charge < -0.3 is 19.5 Å². The van der Waals surface area contributed by atoms with Crippen molar-refractivity contribution in [2.45, 2.75) is 45.6 Å². The third-order valence-corrected chi connectivity index (χ3v) is 4.95. The number of aromatic nitrogens is 2. The number of carbonyl (C=O) groups is 1. The fourth-order valence-corrected chi connectivity index (χ4v) is 3.48. The average molecular weight is 359 g/mol. The number of quaternary nitrogens is 1. The maximum atomic E-state index is 12.9. The van der Waals surface area contributed by atoms with Crippen molar-refractivity contribution < 1.29 is 14.4 Å². The minimum Gasteiger partial charge on any atom is -0.372 e. The molecule has 1 aromatic heterocycles. The lowest BCUT2D eigenvalue weighted by atomic mass is 10.2. The van der Waals surface area contributed by atoms with Gasteiger partial charge in [-0.1, -0.05) is 12.1 Å². The summed E-state index contributed by atoms with van der Waals surface area (Å²) in [5.41, 5.74) is 0.530. The van der Waals surface area contributed by atoms with Crippen LogP contribution in [-0.2, 0) is 16.1 Å². The highest BCUT2D eigenvalue weighted by Gasteiger charge is 2.32. The second-order valence-corrected chi connectivity index (χ2v) is 7.28. The predicted molar refractivity (Wildman–Crippen MR) is 99.0 cm³/mol. The maximum Gasteiger partial charge on any atom is 0.280 e. The van der Waals surface area contributed by atoms with Gasteiger partial charge in [-0.25, -0.2) is 4.98 Å². The minimum atomic E-state index is -0.232. The smallest absolute Gasteiger partial charge is 0.280 e. The molecule has 0 aliphatic carbocycles. The van der Waals surface area contributed by atoms with E-state index < -0.39 is 0 Å². The molecule has 4 atom stereocenters. The molecule has 1 aliphatic rings. The molecular weight excluding hydrogens is 332 g/mol. The van der Waals surface area contributed by atoms with E-state index in [-0.39, 0.29) is 29.7 Å². The summed E-state index contributed by atoms with van der Waals surface area (Å²) in [6, 6.07) is 7.04. The first kappa shape index (κ1) is 18.5. The van der Waals surface area contributed by atoms with E-state index in [9.17, 15) is 9.59 Å². The fraction of sp³-hybridized carbons (Fsp3) is 0.526. The first-order valence-corrected chi connectivity index (χ1v) is 9.09. The highest BCUT2D eigenvalue weighted by atomic mass is 16.5. The van der Waals surface area contributed by atoms with Crippen LogP contribution in [-0.4, -0.2) is 59.2 Å². The monoisotopic (exact) mass is 359 g/mol. The normalized spacial score (nSPS) is 23.0. The lowest BCUT2D eigenvalue weighted by Crippen LogP contribution is -3.12. The summed E-state index contributed by atoms with van der Waals surface area (Å²) >= 11 is 0. The molecule has 7 heteroatoms. The van der Waals surface area contributed by atoms with E-state index >= 15 is 0 Å². The van der Waals surface area contributed by atoms with E-state index in [4.69, 9.17) is 4.74 Å². The minimum absolute atomic E-state index is 0.0497. The first-order chi connectivity index (χ1) is 12.3. The van der Waals surface area contributed by atoms with E-state index in [1.54, 1.807) is 6.07 Å². The van der Waals surface area contributed by atoms with Gasteiger partial charge >= 0.3 is 0 Å². The number of nitrogens with zero attached hydrogens (tertiary/aromatic N) is 2. The number of H-pyrrole nitrogens is 1. The molecule has 0 saturated carbocycles. The zero-order valence-corrected chi connectivity index (χ0v) is 15.8. The SMILES string of the molecule is C[C@@H]1CN(C(=O)[C@@H](C)[NH+](C)Cc2nc3ccccc3c(=O)[nH]2)C[C@H](C)O1. The van der Waals surface area contributed by atoms with Gasteiger partial charge in [0.1, 0.15) is 6.54 Å². The predicted octanol–water partition coefficient (Wildman–Crippen LogP) is -0.0379. The number of rotatable bonds is 4. The van der Waals surface area contributed by atoms with Crippen LogP contribution in [0.2, 0.25) is 0 Å². The van der Waals surface area contributed by atoms with E-state index in [1.165, 1.54) is 0 Å². The third kappa shape index (κ3) is 3.94. The Kier molecular flexibility index (Phi) is 5.38. The Morgan fingerprint density at radius 2 is 2.00 bits per heavy atom. The van der Waals surface area contributed by atoms with Crippen molar-refractivity contribution in [1.82, 2.24) is 14.9 Å². The van der Waals surface area contributed by atoms with Gasteiger partial charge in [0.2, 0.25) is 0 Å².